The first-order valence-electron chi connectivity index (χ1n) is 8.00. The lowest BCUT2D eigenvalue weighted by atomic mass is 9.96. The molecule has 0 bridgehead atoms. The molecule has 1 atom stereocenters. The number of ether oxygens (including phenoxy) is 1. The van der Waals surface area contributed by atoms with Crippen LogP contribution in [0.5, 0.6) is 0 Å². The molecule has 21 heavy (non-hydrogen) atoms. The van der Waals surface area contributed by atoms with Crippen molar-refractivity contribution in [3.8, 4) is 0 Å². The maximum absolute atomic E-state index is 5.47. The average molecular weight is 286 g/mol. The molecule has 0 aliphatic carbocycles. The summed E-state index contributed by atoms with van der Waals surface area (Å²) in [6.07, 6.45) is 7.14. The second-order valence-electron chi connectivity index (χ2n) is 5.29. The van der Waals surface area contributed by atoms with Gasteiger partial charge in [0, 0.05) is 37.0 Å². The van der Waals surface area contributed by atoms with Crippen LogP contribution in [0.4, 0.5) is 0 Å². The number of hydrogen-bond donors (Lipinski definition) is 1. The highest BCUT2D eigenvalue weighted by Gasteiger charge is 2.13. The van der Waals surface area contributed by atoms with Crippen LogP contribution in [0.3, 0.4) is 0 Å². The molecule has 2 aromatic rings. The fourth-order valence-electron chi connectivity index (χ4n) is 2.67. The number of nitrogens with zero attached hydrogens (tertiary/aromatic N) is 1. The van der Waals surface area contributed by atoms with E-state index in [1.54, 1.807) is 0 Å². The van der Waals surface area contributed by atoms with Crippen LogP contribution < -0.4 is 5.32 Å². The zero-order chi connectivity index (χ0) is 14.9. The molecule has 1 aromatic carbocycles. The number of benzene rings is 1. The topological polar surface area (TPSA) is 34.1 Å². The van der Waals surface area contributed by atoms with Crippen LogP contribution >= 0.6 is 0 Å². The maximum atomic E-state index is 5.47. The van der Waals surface area contributed by atoms with Gasteiger partial charge in [-0.05, 0) is 49.7 Å². The lowest BCUT2D eigenvalue weighted by Crippen LogP contribution is -2.22. The molecule has 1 unspecified atom stereocenters. The van der Waals surface area contributed by atoms with Crippen molar-refractivity contribution in [1.29, 1.82) is 0 Å². The Hall–Kier alpha value is -1.45. The van der Waals surface area contributed by atoms with Gasteiger partial charge in [0.05, 0.1) is 0 Å². The van der Waals surface area contributed by atoms with Gasteiger partial charge in [-0.25, -0.2) is 0 Å². The minimum Gasteiger partial charge on any atom is -0.382 e. The van der Waals surface area contributed by atoms with E-state index >= 15 is 0 Å². The number of fused-ring (bicyclic) bond motifs is 1. The third-order valence-electron chi connectivity index (χ3n) is 3.72. The Labute approximate surface area is 127 Å². The zero-order valence-electron chi connectivity index (χ0n) is 13.1. The van der Waals surface area contributed by atoms with Crippen LogP contribution in [-0.4, -0.2) is 24.7 Å². The summed E-state index contributed by atoms with van der Waals surface area (Å²) >= 11 is 0. The highest BCUT2D eigenvalue weighted by molar-refractivity contribution is 5.85. The standard InChI is InChI=1S/C18H26N2O/c1-3-11-20-18(9-6-13-21-4-2)17-8-5-7-15-14-19-12-10-16(15)17/h5,7-8,10,12,14,18,20H,3-4,6,9,11,13H2,1-2H3. The second kappa shape index (κ2) is 8.75. The van der Waals surface area contributed by atoms with Gasteiger partial charge >= 0.3 is 0 Å². The van der Waals surface area contributed by atoms with Gasteiger partial charge in [-0.15, -0.1) is 0 Å². The first-order chi connectivity index (χ1) is 10.4. The molecule has 0 aliphatic heterocycles. The van der Waals surface area contributed by atoms with Gasteiger partial charge < -0.3 is 10.1 Å². The van der Waals surface area contributed by atoms with Crippen LogP contribution in [-0.2, 0) is 4.74 Å². The summed E-state index contributed by atoms with van der Waals surface area (Å²) in [4.78, 5) is 4.22. The molecule has 0 radical (unpaired) electrons. The SMILES string of the molecule is CCCNC(CCCOCC)c1cccc2cnccc12. The van der Waals surface area contributed by atoms with Crippen molar-refractivity contribution in [2.45, 2.75) is 39.2 Å². The molecule has 114 valence electrons. The van der Waals surface area contributed by atoms with Gasteiger partial charge in [0.25, 0.3) is 0 Å². The molecule has 1 aromatic heterocycles. The summed E-state index contributed by atoms with van der Waals surface area (Å²) in [5.41, 5.74) is 1.37. The zero-order valence-corrected chi connectivity index (χ0v) is 13.1. The predicted molar refractivity (Wildman–Crippen MR) is 88.5 cm³/mol. The van der Waals surface area contributed by atoms with Crippen molar-refractivity contribution in [2.24, 2.45) is 0 Å². The third kappa shape index (κ3) is 4.51. The van der Waals surface area contributed by atoms with Gasteiger partial charge in [-0.1, -0.05) is 25.1 Å². The number of pyridine rings is 1. The summed E-state index contributed by atoms with van der Waals surface area (Å²) in [6.45, 7) is 6.93. The van der Waals surface area contributed by atoms with Crippen molar-refractivity contribution < 1.29 is 4.74 Å². The van der Waals surface area contributed by atoms with Crippen molar-refractivity contribution in [3.63, 3.8) is 0 Å². The van der Waals surface area contributed by atoms with E-state index in [1.807, 2.05) is 19.3 Å². The monoisotopic (exact) mass is 286 g/mol. The highest BCUT2D eigenvalue weighted by Crippen LogP contribution is 2.26. The largest absolute Gasteiger partial charge is 0.382 e. The Morgan fingerprint density at radius 1 is 1.24 bits per heavy atom. The first kappa shape index (κ1) is 15.9. The average Bonchev–Trinajstić information content (AvgIpc) is 2.54. The molecular weight excluding hydrogens is 260 g/mol. The predicted octanol–water partition coefficient (Wildman–Crippen LogP) is 4.09. The van der Waals surface area contributed by atoms with Crippen LogP contribution in [0, 0.1) is 0 Å². The molecular formula is C18H26N2O. The van der Waals surface area contributed by atoms with E-state index in [1.165, 1.54) is 16.3 Å². The molecule has 1 heterocycles. The van der Waals surface area contributed by atoms with Crippen molar-refractivity contribution in [2.75, 3.05) is 19.8 Å². The summed E-state index contributed by atoms with van der Waals surface area (Å²) in [5, 5.41) is 6.19. The molecule has 0 aliphatic rings. The smallest absolute Gasteiger partial charge is 0.0466 e. The normalized spacial score (nSPS) is 12.7. The fourth-order valence-corrected chi connectivity index (χ4v) is 2.67. The summed E-state index contributed by atoms with van der Waals surface area (Å²) < 4.78 is 5.47. The lowest BCUT2D eigenvalue weighted by Gasteiger charge is -2.20. The van der Waals surface area contributed by atoms with E-state index in [0.717, 1.165) is 39.0 Å². The Balaban J connectivity index is 2.17. The minimum absolute atomic E-state index is 0.386. The van der Waals surface area contributed by atoms with Crippen LogP contribution in [0.1, 0.15) is 44.7 Å². The minimum atomic E-state index is 0.386. The van der Waals surface area contributed by atoms with E-state index < -0.39 is 0 Å². The van der Waals surface area contributed by atoms with Gasteiger partial charge in [-0.3, -0.25) is 4.98 Å². The first-order valence-corrected chi connectivity index (χ1v) is 8.00. The number of nitrogens with one attached hydrogen (secondary N) is 1. The molecule has 3 nitrogen and oxygen atoms in total. The summed E-state index contributed by atoms with van der Waals surface area (Å²) in [5.74, 6) is 0. The molecule has 3 heteroatoms. The molecule has 2 rings (SSSR count). The fraction of sp³-hybridized carbons (Fsp3) is 0.500. The molecule has 0 spiro atoms. The van der Waals surface area contributed by atoms with E-state index in [-0.39, 0.29) is 0 Å². The Bertz CT molecular complexity index is 536. The van der Waals surface area contributed by atoms with Crippen molar-refractivity contribution in [3.05, 3.63) is 42.2 Å². The lowest BCUT2D eigenvalue weighted by molar-refractivity contribution is 0.141. The molecule has 1 N–H and O–H groups in total. The second-order valence-corrected chi connectivity index (χ2v) is 5.29. The van der Waals surface area contributed by atoms with Gasteiger partial charge in [0.1, 0.15) is 0 Å². The quantitative estimate of drug-likeness (QED) is 0.705. The van der Waals surface area contributed by atoms with Crippen LogP contribution in [0.15, 0.2) is 36.7 Å². The molecule has 0 saturated heterocycles. The number of aromatic nitrogens is 1. The van der Waals surface area contributed by atoms with Gasteiger partial charge in [0.15, 0.2) is 0 Å². The van der Waals surface area contributed by atoms with Crippen molar-refractivity contribution >= 4 is 10.8 Å². The molecule has 0 amide bonds. The Morgan fingerprint density at radius 2 is 2.14 bits per heavy atom. The highest BCUT2D eigenvalue weighted by atomic mass is 16.5. The summed E-state index contributed by atoms with van der Waals surface area (Å²) in [7, 11) is 0. The van der Waals surface area contributed by atoms with Crippen LogP contribution in [0.25, 0.3) is 10.8 Å². The van der Waals surface area contributed by atoms with Crippen LogP contribution in [0.2, 0.25) is 0 Å². The van der Waals surface area contributed by atoms with E-state index in [9.17, 15) is 0 Å². The number of hydrogen-bond acceptors (Lipinski definition) is 3. The Morgan fingerprint density at radius 3 is 2.95 bits per heavy atom. The van der Waals surface area contributed by atoms with Gasteiger partial charge in [-0.2, -0.15) is 0 Å². The number of rotatable bonds is 9. The maximum Gasteiger partial charge on any atom is 0.0466 e. The summed E-state index contributed by atoms with van der Waals surface area (Å²) in [6, 6.07) is 8.99. The van der Waals surface area contributed by atoms with E-state index in [4.69, 9.17) is 4.74 Å². The van der Waals surface area contributed by atoms with E-state index in [2.05, 4.69) is 41.5 Å². The third-order valence-corrected chi connectivity index (χ3v) is 3.72. The van der Waals surface area contributed by atoms with Gasteiger partial charge in [0.2, 0.25) is 0 Å². The molecule has 0 saturated carbocycles. The molecule has 0 fully saturated rings. The Kier molecular flexibility index (Phi) is 6.64. The van der Waals surface area contributed by atoms with Crippen molar-refractivity contribution in [1.82, 2.24) is 10.3 Å². The van der Waals surface area contributed by atoms with E-state index in [0.29, 0.717) is 6.04 Å².